The molecule has 0 aromatic rings. The van der Waals surface area contributed by atoms with Crippen LogP contribution in [-0.2, 0) is 9.53 Å². The second-order valence-corrected chi connectivity index (χ2v) is 3.51. The van der Waals surface area contributed by atoms with E-state index in [9.17, 15) is 4.79 Å². The van der Waals surface area contributed by atoms with Crippen molar-refractivity contribution in [3.05, 3.63) is 0 Å². The van der Waals surface area contributed by atoms with Gasteiger partial charge in [-0.05, 0) is 26.7 Å². The fraction of sp³-hybridized carbons (Fsp3) is 0.889. The second-order valence-electron chi connectivity index (χ2n) is 3.51. The van der Waals surface area contributed by atoms with Gasteiger partial charge in [-0.2, -0.15) is 0 Å². The molecule has 1 heterocycles. The van der Waals surface area contributed by atoms with Crippen molar-refractivity contribution >= 4 is 5.91 Å². The molecular formula is C9H17NO2. The third kappa shape index (κ3) is 3.22. The SMILES string of the molecule is CC(C)OCC[C@@H]1CCC(=O)N1. The highest BCUT2D eigenvalue weighted by Crippen LogP contribution is 2.10. The number of nitrogens with one attached hydrogen (secondary N) is 1. The smallest absolute Gasteiger partial charge is 0.220 e. The van der Waals surface area contributed by atoms with Gasteiger partial charge in [0.2, 0.25) is 5.91 Å². The minimum Gasteiger partial charge on any atom is -0.379 e. The lowest BCUT2D eigenvalue weighted by atomic mass is 10.2. The van der Waals surface area contributed by atoms with E-state index in [-0.39, 0.29) is 5.91 Å². The van der Waals surface area contributed by atoms with Gasteiger partial charge >= 0.3 is 0 Å². The molecule has 1 atom stereocenters. The van der Waals surface area contributed by atoms with Crippen LogP contribution >= 0.6 is 0 Å². The molecule has 0 spiro atoms. The maximum atomic E-state index is 10.8. The van der Waals surface area contributed by atoms with Crippen molar-refractivity contribution in [2.45, 2.75) is 45.3 Å². The molecule has 1 saturated heterocycles. The first-order valence-corrected chi connectivity index (χ1v) is 4.59. The monoisotopic (exact) mass is 171 g/mol. The summed E-state index contributed by atoms with van der Waals surface area (Å²) in [5.74, 6) is 0.185. The van der Waals surface area contributed by atoms with Crippen molar-refractivity contribution in [1.82, 2.24) is 5.32 Å². The summed E-state index contributed by atoms with van der Waals surface area (Å²) in [5.41, 5.74) is 0. The Labute approximate surface area is 73.5 Å². The fourth-order valence-corrected chi connectivity index (χ4v) is 1.34. The maximum Gasteiger partial charge on any atom is 0.220 e. The standard InChI is InChI=1S/C9H17NO2/c1-7(2)12-6-5-8-3-4-9(11)10-8/h7-8H,3-6H2,1-2H3,(H,10,11)/t8-/m0/s1. The van der Waals surface area contributed by atoms with Crippen LogP contribution in [0.15, 0.2) is 0 Å². The van der Waals surface area contributed by atoms with Crippen LogP contribution in [0.2, 0.25) is 0 Å². The topological polar surface area (TPSA) is 38.3 Å². The zero-order valence-corrected chi connectivity index (χ0v) is 7.80. The van der Waals surface area contributed by atoms with E-state index in [0.717, 1.165) is 19.4 Å². The first kappa shape index (κ1) is 9.52. The predicted molar refractivity (Wildman–Crippen MR) is 46.9 cm³/mol. The molecule has 3 nitrogen and oxygen atoms in total. The summed E-state index contributed by atoms with van der Waals surface area (Å²) in [6.07, 6.45) is 2.90. The Morgan fingerprint density at radius 1 is 1.67 bits per heavy atom. The molecule has 1 amide bonds. The van der Waals surface area contributed by atoms with E-state index >= 15 is 0 Å². The van der Waals surface area contributed by atoms with Crippen LogP contribution in [0, 0.1) is 0 Å². The normalized spacial score (nSPS) is 23.2. The lowest BCUT2D eigenvalue weighted by Gasteiger charge is -2.11. The summed E-state index contributed by atoms with van der Waals surface area (Å²) < 4.78 is 5.39. The van der Waals surface area contributed by atoms with Gasteiger partial charge < -0.3 is 10.1 Å². The average molecular weight is 171 g/mol. The molecule has 12 heavy (non-hydrogen) atoms. The van der Waals surface area contributed by atoms with Gasteiger partial charge in [0.25, 0.3) is 0 Å². The van der Waals surface area contributed by atoms with Crippen molar-refractivity contribution in [2.75, 3.05) is 6.61 Å². The molecule has 0 radical (unpaired) electrons. The molecule has 3 heteroatoms. The van der Waals surface area contributed by atoms with Crippen LogP contribution in [-0.4, -0.2) is 24.7 Å². The van der Waals surface area contributed by atoms with Crippen LogP contribution < -0.4 is 5.32 Å². The minimum absolute atomic E-state index is 0.185. The largest absolute Gasteiger partial charge is 0.379 e. The van der Waals surface area contributed by atoms with Crippen molar-refractivity contribution < 1.29 is 9.53 Å². The first-order chi connectivity index (χ1) is 5.68. The van der Waals surface area contributed by atoms with Gasteiger partial charge in [0.05, 0.1) is 6.10 Å². The van der Waals surface area contributed by atoms with Gasteiger partial charge in [-0.1, -0.05) is 0 Å². The molecule has 0 aromatic carbocycles. The van der Waals surface area contributed by atoms with Gasteiger partial charge in [0, 0.05) is 19.1 Å². The number of carbonyl (C=O) groups is 1. The van der Waals surface area contributed by atoms with E-state index < -0.39 is 0 Å². The molecular weight excluding hydrogens is 154 g/mol. The molecule has 1 rings (SSSR count). The third-order valence-corrected chi connectivity index (χ3v) is 2.00. The second kappa shape index (κ2) is 4.45. The highest BCUT2D eigenvalue weighted by atomic mass is 16.5. The van der Waals surface area contributed by atoms with Crippen LogP contribution in [0.5, 0.6) is 0 Å². The molecule has 70 valence electrons. The number of rotatable bonds is 4. The van der Waals surface area contributed by atoms with Gasteiger partial charge in [0.15, 0.2) is 0 Å². The molecule has 0 saturated carbocycles. The van der Waals surface area contributed by atoms with Crippen LogP contribution in [0.4, 0.5) is 0 Å². The minimum atomic E-state index is 0.185. The Bertz CT molecular complexity index is 157. The molecule has 1 fully saturated rings. The number of ether oxygens (including phenoxy) is 1. The molecule has 0 unspecified atom stereocenters. The number of carbonyl (C=O) groups excluding carboxylic acids is 1. The Hall–Kier alpha value is -0.570. The number of hydrogen-bond donors (Lipinski definition) is 1. The van der Waals surface area contributed by atoms with Crippen molar-refractivity contribution in [3.8, 4) is 0 Å². The van der Waals surface area contributed by atoms with E-state index in [1.165, 1.54) is 0 Å². The molecule has 1 aliphatic heterocycles. The molecule has 0 bridgehead atoms. The lowest BCUT2D eigenvalue weighted by molar-refractivity contribution is -0.119. The van der Waals surface area contributed by atoms with Crippen molar-refractivity contribution in [3.63, 3.8) is 0 Å². The molecule has 0 aliphatic carbocycles. The quantitative estimate of drug-likeness (QED) is 0.687. The van der Waals surface area contributed by atoms with E-state index in [1.54, 1.807) is 0 Å². The lowest BCUT2D eigenvalue weighted by Crippen LogP contribution is -2.26. The average Bonchev–Trinajstić information content (AvgIpc) is 2.35. The first-order valence-electron chi connectivity index (χ1n) is 4.59. The van der Waals surface area contributed by atoms with Crippen LogP contribution in [0.3, 0.4) is 0 Å². The predicted octanol–water partition coefficient (Wildman–Crippen LogP) is 1.08. The van der Waals surface area contributed by atoms with Gasteiger partial charge in [-0.25, -0.2) is 0 Å². The van der Waals surface area contributed by atoms with E-state index in [4.69, 9.17) is 4.74 Å². The summed E-state index contributed by atoms with van der Waals surface area (Å²) in [5, 5.41) is 2.91. The number of hydrogen-bond acceptors (Lipinski definition) is 2. The van der Waals surface area contributed by atoms with Gasteiger partial charge in [-0.3, -0.25) is 4.79 Å². The fourth-order valence-electron chi connectivity index (χ4n) is 1.34. The molecule has 1 N–H and O–H groups in total. The Balaban J connectivity index is 2.04. The summed E-state index contributed by atoms with van der Waals surface area (Å²) in [4.78, 5) is 10.8. The summed E-state index contributed by atoms with van der Waals surface area (Å²) in [7, 11) is 0. The van der Waals surface area contributed by atoms with E-state index in [1.807, 2.05) is 13.8 Å². The van der Waals surface area contributed by atoms with E-state index in [2.05, 4.69) is 5.32 Å². The summed E-state index contributed by atoms with van der Waals surface area (Å²) in [6.45, 7) is 4.79. The Kier molecular flexibility index (Phi) is 3.53. The maximum absolute atomic E-state index is 10.8. The summed E-state index contributed by atoms with van der Waals surface area (Å²) >= 11 is 0. The van der Waals surface area contributed by atoms with Gasteiger partial charge in [-0.15, -0.1) is 0 Å². The van der Waals surface area contributed by atoms with Crippen LogP contribution in [0.25, 0.3) is 0 Å². The Morgan fingerprint density at radius 2 is 2.42 bits per heavy atom. The van der Waals surface area contributed by atoms with Crippen LogP contribution in [0.1, 0.15) is 33.1 Å². The molecule has 0 aromatic heterocycles. The molecule has 1 aliphatic rings. The van der Waals surface area contributed by atoms with Crippen molar-refractivity contribution in [1.29, 1.82) is 0 Å². The zero-order chi connectivity index (χ0) is 8.97. The summed E-state index contributed by atoms with van der Waals surface area (Å²) in [6, 6.07) is 0.358. The van der Waals surface area contributed by atoms with E-state index in [0.29, 0.717) is 18.6 Å². The highest BCUT2D eigenvalue weighted by Gasteiger charge is 2.19. The third-order valence-electron chi connectivity index (χ3n) is 2.00. The van der Waals surface area contributed by atoms with Gasteiger partial charge in [0.1, 0.15) is 0 Å². The number of amides is 1. The Morgan fingerprint density at radius 3 is 2.92 bits per heavy atom. The van der Waals surface area contributed by atoms with Crippen molar-refractivity contribution in [2.24, 2.45) is 0 Å². The highest BCUT2D eigenvalue weighted by molar-refractivity contribution is 5.78. The zero-order valence-electron chi connectivity index (χ0n) is 7.80.